The van der Waals surface area contributed by atoms with Gasteiger partial charge >= 0.3 is 5.97 Å². The summed E-state index contributed by atoms with van der Waals surface area (Å²) in [6.07, 6.45) is 0. The molecule has 0 aliphatic heterocycles. The SMILES string of the molecule is COC(=O)c1sc(-c2cc3sccc3s2)c(C(C)C)c1N. The molecule has 0 unspecified atom stereocenters. The monoisotopic (exact) mass is 337 g/mol. The van der Waals surface area contributed by atoms with E-state index in [-0.39, 0.29) is 11.9 Å². The van der Waals surface area contributed by atoms with Crippen molar-refractivity contribution in [3.63, 3.8) is 0 Å². The van der Waals surface area contributed by atoms with Gasteiger partial charge in [0.25, 0.3) is 0 Å². The van der Waals surface area contributed by atoms with Crippen molar-refractivity contribution in [2.45, 2.75) is 19.8 Å². The Labute approximate surface area is 135 Å². The Morgan fingerprint density at radius 3 is 2.67 bits per heavy atom. The first-order valence-corrected chi connectivity index (χ1v) is 9.02. The molecule has 21 heavy (non-hydrogen) atoms. The molecule has 3 heterocycles. The van der Waals surface area contributed by atoms with Crippen molar-refractivity contribution in [1.82, 2.24) is 0 Å². The number of thiophene rings is 3. The van der Waals surface area contributed by atoms with Gasteiger partial charge < -0.3 is 10.5 Å². The van der Waals surface area contributed by atoms with Crippen LogP contribution in [0.4, 0.5) is 5.69 Å². The van der Waals surface area contributed by atoms with Crippen molar-refractivity contribution in [2.75, 3.05) is 12.8 Å². The van der Waals surface area contributed by atoms with E-state index in [0.29, 0.717) is 10.6 Å². The number of hydrogen-bond donors (Lipinski definition) is 1. The highest BCUT2D eigenvalue weighted by atomic mass is 32.1. The normalized spacial score (nSPS) is 11.4. The summed E-state index contributed by atoms with van der Waals surface area (Å²) in [6.45, 7) is 4.19. The summed E-state index contributed by atoms with van der Waals surface area (Å²) in [5.74, 6) is -0.0983. The Balaban J connectivity index is 2.21. The van der Waals surface area contributed by atoms with Gasteiger partial charge in [-0.25, -0.2) is 4.79 Å². The van der Waals surface area contributed by atoms with Crippen LogP contribution in [0.25, 0.3) is 19.2 Å². The minimum absolute atomic E-state index is 0.259. The van der Waals surface area contributed by atoms with Gasteiger partial charge in [-0.05, 0) is 29.0 Å². The van der Waals surface area contributed by atoms with Crippen LogP contribution < -0.4 is 5.73 Å². The maximum Gasteiger partial charge on any atom is 0.350 e. The number of rotatable bonds is 3. The number of carbonyl (C=O) groups excluding carboxylic acids is 1. The van der Waals surface area contributed by atoms with Crippen molar-refractivity contribution in [1.29, 1.82) is 0 Å². The number of hydrogen-bond acceptors (Lipinski definition) is 6. The lowest BCUT2D eigenvalue weighted by Gasteiger charge is -2.07. The summed E-state index contributed by atoms with van der Waals surface area (Å²) in [4.78, 5) is 14.7. The first kappa shape index (κ1) is 14.6. The minimum Gasteiger partial charge on any atom is -0.465 e. The summed E-state index contributed by atoms with van der Waals surface area (Å²) < 4.78 is 7.39. The second kappa shape index (κ2) is 5.44. The smallest absolute Gasteiger partial charge is 0.350 e. The van der Waals surface area contributed by atoms with Gasteiger partial charge in [0.05, 0.1) is 17.7 Å². The van der Waals surface area contributed by atoms with E-state index in [0.717, 1.165) is 10.4 Å². The molecule has 0 saturated heterocycles. The second-order valence-corrected chi connectivity index (χ2v) is 8.05. The Hall–Kier alpha value is -1.37. The van der Waals surface area contributed by atoms with Gasteiger partial charge in [-0.15, -0.1) is 34.0 Å². The third-order valence-electron chi connectivity index (χ3n) is 3.29. The maximum atomic E-state index is 11.9. The lowest BCUT2D eigenvalue weighted by atomic mass is 10.0. The molecule has 3 aromatic rings. The topological polar surface area (TPSA) is 52.3 Å². The molecular weight excluding hydrogens is 322 g/mol. The van der Waals surface area contributed by atoms with Crippen LogP contribution in [0.3, 0.4) is 0 Å². The van der Waals surface area contributed by atoms with E-state index in [2.05, 4.69) is 31.4 Å². The Morgan fingerprint density at radius 2 is 2.05 bits per heavy atom. The first-order chi connectivity index (χ1) is 10.0. The summed E-state index contributed by atoms with van der Waals surface area (Å²) >= 11 is 4.91. The number of fused-ring (bicyclic) bond motifs is 1. The zero-order chi connectivity index (χ0) is 15.1. The van der Waals surface area contributed by atoms with Gasteiger partial charge in [0.2, 0.25) is 0 Å². The molecule has 0 amide bonds. The molecule has 0 fully saturated rings. The molecule has 0 spiro atoms. The van der Waals surface area contributed by atoms with E-state index in [1.807, 2.05) is 0 Å². The summed E-state index contributed by atoms with van der Waals surface area (Å²) in [5.41, 5.74) is 7.82. The summed E-state index contributed by atoms with van der Waals surface area (Å²) in [6, 6.07) is 4.31. The quantitative estimate of drug-likeness (QED) is 0.670. The number of esters is 1. The second-order valence-electron chi connectivity index (χ2n) is 4.99. The van der Waals surface area contributed by atoms with Crippen LogP contribution in [0.5, 0.6) is 0 Å². The summed E-state index contributed by atoms with van der Waals surface area (Å²) in [5, 5.41) is 2.09. The van der Waals surface area contributed by atoms with Crippen LogP contribution in [0.2, 0.25) is 0 Å². The maximum absolute atomic E-state index is 11.9. The fourth-order valence-corrected chi connectivity index (χ4v) is 5.85. The molecule has 3 rings (SSSR count). The lowest BCUT2D eigenvalue weighted by Crippen LogP contribution is -2.03. The average molecular weight is 337 g/mol. The fourth-order valence-electron chi connectivity index (χ4n) is 2.33. The van der Waals surface area contributed by atoms with Crippen LogP contribution >= 0.6 is 34.0 Å². The van der Waals surface area contributed by atoms with Crippen molar-refractivity contribution in [2.24, 2.45) is 0 Å². The predicted molar refractivity (Wildman–Crippen MR) is 92.9 cm³/mol. The fraction of sp³-hybridized carbons (Fsp3) is 0.267. The average Bonchev–Trinajstić information content (AvgIpc) is 3.09. The van der Waals surface area contributed by atoms with Gasteiger partial charge in [0.15, 0.2) is 0 Å². The molecule has 3 nitrogen and oxygen atoms in total. The van der Waals surface area contributed by atoms with Gasteiger partial charge in [0.1, 0.15) is 4.88 Å². The molecule has 0 saturated carbocycles. The number of nitrogens with two attached hydrogens (primary N) is 1. The molecule has 0 atom stereocenters. The minimum atomic E-state index is -0.357. The van der Waals surface area contributed by atoms with Crippen LogP contribution in [-0.4, -0.2) is 13.1 Å². The van der Waals surface area contributed by atoms with Crippen molar-refractivity contribution in [3.05, 3.63) is 28.0 Å². The predicted octanol–water partition coefficient (Wildman–Crippen LogP) is 5.18. The third-order valence-corrected chi connectivity index (χ3v) is 6.77. The van der Waals surface area contributed by atoms with Crippen LogP contribution in [-0.2, 0) is 4.74 Å². The van der Waals surface area contributed by atoms with Gasteiger partial charge in [-0.3, -0.25) is 0 Å². The molecule has 0 radical (unpaired) electrons. The van der Waals surface area contributed by atoms with E-state index in [1.54, 1.807) is 22.7 Å². The highest BCUT2D eigenvalue weighted by molar-refractivity contribution is 7.31. The largest absolute Gasteiger partial charge is 0.465 e. The van der Waals surface area contributed by atoms with E-state index >= 15 is 0 Å². The first-order valence-electron chi connectivity index (χ1n) is 6.50. The number of carbonyl (C=O) groups is 1. The Morgan fingerprint density at radius 1 is 1.29 bits per heavy atom. The number of methoxy groups -OCH3 is 1. The Kier molecular flexibility index (Phi) is 3.77. The zero-order valence-electron chi connectivity index (χ0n) is 11.9. The van der Waals surface area contributed by atoms with Crippen LogP contribution in [0, 0.1) is 0 Å². The molecule has 0 aliphatic rings. The molecule has 0 aromatic carbocycles. The zero-order valence-corrected chi connectivity index (χ0v) is 14.4. The van der Waals surface area contributed by atoms with Crippen LogP contribution in [0.15, 0.2) is 17.5 Å². The van der Waals surface area contributed by atoms with Crippen molar-refractivity contribution < 1.29 is 9.53 Å². The molecule has 110 valence electrons. The molecular formula is C15H15NO2S3. The third kappa shape index (κ3) is 2.37. The van der Waals surface area contributed by atoms with Gasteiger partial charge in [-0.2, -0.15) is 0 Å². The van der Waals surface area contributed by atoms with E-state index in [1.165, 1.54) is 32.7 Å². The Bertz CT molecular complexity index is 782. The highest BCUT2D eigenvalue weighted by Crippen LogP contribution is 2.47. The number of anilines is 1. The lowest BCUT2D eigenvalue weighted by molar-refractivity contribution is 0.0607. The van der Waals surface area contributed by atoms with Crippen molar-refractivity contribution >= 4 is 55.1 Å². The summed E-state index contributed by atoms with van der Waals surface area (Å²) in [7, 11) is 1.39. The van der Waals surface area contributed by atoms with Gasteiger partial charge in [-0.1, -0.05) is 13.8 Å². The highest BCUT2D eigenvalue weighted by Gasteiger charge is 2.25. The standard InChI is InChI=1S/C15H15NO2S3/c1-7(2)11-12(16)14(15(17)18-3)21-13(11)10-6-9-8(20-10)4-5-19-9/h4-7H,16H2,1-3H3. The number of ether oxygens (including phenoxy) is 1. The van der Waals surface area contributed by atoms with Gasteiger partial charge in [0, 0.05) is 14.3 Å². The molecule has 0 aliphatic carbocycles. The van der Waals surface area contributed by atoms with Crippen LogP contribution in [0.1, 0.15) is 35.0 Å². The molecule has 6 heteroatoms. The van der Waals surface area contributed by atoms with Crippen molar-refractivity contribution in [3.8, 4) is 9.75 Å². The molecule has 2 N–H and O–H groups in total. The van der Waals surface area contributed by atoms with E-state index in [4.69, 9.17) is 10.5 Å². The van der Waals surface area contributed by atoms with E-state index < -0.39 is 0 Å². The van der Waals surface area contributed by atoms with E-state index in [9.17, 15) is 4.79 Å². The number of nitrogen functional groups attached to an aromatic ring is 1. The molecule has 3 aromatic heterocycles. The molecule has 0 bridgehead atoms.